The van der Waals surface area contributed by atoms with Crippen LogP contribution in [-0.4, -0.2) is 11.6 Å². The number of anilines is 1. The number of ether oxygens (including phenoxy) is 1. The van der Waals surface area contributed by atoms with Gasteiger partial charge in [0.15, 0.2) is 5.75 Å². The second-order valence-corrected chi connectivity index (χ2v) is 3.49. The van der Waals surface area contributed by atoms with E-state index in [1.807, 2.05) is 6.07 Å². The van der Waals surface area contributed by atoms with E-state index in [1.54, 1.807) is 25.4 Å². The van der Waals surface area contributed by atoms with Gasteiger partial charge in [-0.25, -0.2) is 0 Å². The molecule has 2 rings (SSSR count). The molecule has 0 fully saturated rings. The van der Waals surface area contributed by atoms with Gasteiger partial charge >= 0.3 is 0 Å². The Hall–Kier alpha value is -2.17. The zero-order valence-corrected chi connectivity index (χ0v) is 9.40. The fraction of sp³-hybridized carbons (Fsp3) is 0.250. The van der Waals surface area contributed by atoms with Crippen LogP contribution in [0.2, 0.25) is 0 Å². The maximum Gasteiger partial charge on any atom is 0.268 e. The molecule has 17 heavy (non-hydrogen) atoms. The van der Waals surface area contributed by atoms with E-state index in [-0.39, 0.29) is 12.3 Å². The van der Waals surface area contributed by atoms with Crippen molar-refractivity contribution in [3.63, 3.8) is 0 Å². The predicted molar refractivity (Wildman–Crippen MR) is 64.1 cm³/mol. The van der Waals surface area contributed by atoms with Crippen molar-refractivity contribution in [3.8, 4) is 5.75 Å². The van der Waals surface area contributed by atoms with Crippen LogP contribution in [0.25, 0.3) is 0 Å². The van der Waals surface area contributed by atoms with Gasteiger partial charge in [-0.2, -0.15) is 0 Å². The summed E-state index contributed by atoms with van der Waals surface area (Å²) in [7, 11) is 0. The lowest BCUT2D eigenvalue weighted by molar-refractivity contribution is 0.328. The molecule has 0 amide bonds. The van der Waals surface area contributed by atoms with Gasteiger partial charge in [0.25, 0.3) is 5.43 Å². The maximum absolute atomic E-state index is 11.3. The standard InChI is InChI=1S/C12H12N2O3/c1-2-17-12-9(10(15)11(12)16)7-14-8-4-3-5-13-6-8/h3-6,14H,2,7H2,1H3. The predicted octanol–water partition coefficient (Wildman–Crippen LogP) is 0.688. The van der Waals surface area contributed by atoms with Gasteiger partial charge < -0.3 is 10.1 Å². The molecule has 0 bridgehead atoms. The monoisotopic (exact) mass is 232 g/mol. The molecule has 0 saturated heterocycles. The van der Waals surface area contributed by atoms with Crippen LogP contribution in [0.4, 0.5) is 5.69 Å². The van der Waals surface area contributed by atoms with Gasteiger partial charge in [0.1, 0.15) is 0 Å². The molecule has 5 heteroatoms. The molecule has 0 unspecified atom stereocenters. The zero-order chi connectivity index (χ0) is 12.3. The summed E-state index contributed by atoms with van der Waals surface area (Å²) in [6, 6.07) is 3.62. The van der Waals surface area contributed by atoms with Crippen LogP contribution in [0.3, 0.4) is 0 Å². The van der Waals surface area contributed by atoms with E-state index in [9.17, 15) is 9.59 Å². The first kappa shape index (κ1) is 11.3. The molecular formula is C12H12N2O3. The van der Waals surface area contributed by atoms with Crippen LogP contribution >= 0.6 is 0 Å². The summed E-state index contributed by atoms with van der Waals surface area (Å²) in [6.45, 7) is 2.44. The van der Waals surface area contributed by atoms with E-state index in [2.05, 4.69) is 10.3 Å². The van der Waals surface area contributed by atoms with E-state index in [1.165, 1.54) is 0 Å². The first-order valence-electron chi connectivity index (χ1n) is 5.33. The molecule has 1 heterocycles. The van der Waals surface area contributed by atoms with Gasteiger partial charge in [0.2, 0.25) is 5.43 Å². The smallest absolute Gasteiger partial charge is 0.268 e. The first-order chi connectivity index (χ1) is 8.24. The van der Waals surface area contributed by atoms with E-state index in [0.29, 0.717) is 12.2 Å². The van der Waals surface area contributed by atoms with Crippen LogP contribution in [0, 0.1) is 0 Å². The van der Waals surface area contributed by atoms with E-state index in [0.717, 1.165) is 5.69 Å². The van der Waals surface area contributed by atoms with Gasteiger partial charge in [0.05, 0.1) is 17.9 Å². The average molecular weight is 232 g/mol. The topological polar surface area (TPSA) is 68.3 Å². The second kappa shape index (κ2) is 4.78. The molecule has 88 valence electrons. The Morgan fingerprint density at radius 1 is 1.35 bits per heavy atom. The highest BCUT2D eigenvalue weighted by molar-refractivity contribution is 5.45. The van der Waals surface area contributed by atoms with Gasteiger partial charge in [0, 0.05) is 18.9 Å². The van der Waals surface area contributed by atoms with Crippen molar-refractivity contribution in [1.29, 1.82) is 0 Å². The van der Waals surface area contributed by atoms with Crippen molar-refractivity contribution in [1.82, 2.24) is 4.98 Å². The average Bonchev–Trinajstić information content (AvgIpc) is 2.38. The van der Waals surface area contributed by atoms with Crippen LogP contribution in [0.5, 0.6) is 5.75 Å². The van der Waals surface area contributed by atoms with Gasteiger partial charge in [-0.3, -0.25) is 14.6 Å². The minimum absolute atomic E-state index is 0.189. The summed E-state index contributed by atoms with van der Waals surface area (Å²) >= 11 is 0. The van der Waals surface area contributed by atoms with Crippen LogP contribution < -0.4 is 20.9 Å². The Kier molecular flexibility index (Phi) is 3.18. The number of hydrogen-bond donors (Lipinski definition) is 1. The highest BCUT2D eigenvalue weighted by Gasteiger charge is 2.21. The van der Waals surface area contributed by atoms with Gasteiger partial charge in [-0.15, -0.1) is 0 Å². The van der Waals surface area contributed by atoms with E-state index in [4.69, 9.17) is 4.74 Å². The summed E-state index contributed by atoms with van der Waals surface area (Å²) in [6.07, 6.45) is 3.31. The summed E-state index contributed by atoms with van der Waals surface area (Å²) < 4.78 is 5.12. The Bertz CT molecular complexity index is 571. The Balaban J connectivity index is 2.08. The lowest BCUT2D eigenvalue weighted by Gasteiger charge is -2.12. The van der Waals surface area contributed by atoms with E-state index < -0.39 is 10.9 Å². The fourth-order valence-corrected chi connectivity index (χ4v) is 1.53. The number of rotatable bonds is 5. The Morgan fingerprint density at radius 3 is 2.82 bits per heavy atom. The number of nitrogens with zero attached hydrogens (tertiary/aromatic N) is 1. The summed E-state index contributed by atoms with van der Waals surface area (Å²) in [5, 5.41) is 3.01. The zero-order valence-electron chi connectivity index (χ0n) is 9.40. The summed E-state index contributed by atoms with van der Waals surface area (Å²) in [5.74, 6) is 0.189. The molecular weight excluding hydrogens is 220 g/mol. The maximum atomic E-state index is 11.3. The van der Waals surface area contributed by atoms with Crippen molar-refractivity contribution in [2.24, 2.45) is 0 Å². The summed E-state index contributed by atoms with van der Waals surface area (Å²) in [5.41, 5.74) is 0.198. The number of nitrogens with one attached hydrogen (secondary N) is 1. The second-order valence-electron chi connectivity index (χ2n) is 3.49. The van der Waals surface area contributed by atoms with Gasteiger partial charge in [-0.1, -0.05) is 0 Å². The number of aromatic nitrogens is 1. The molecule has 0 saturated carbocycles. The molecule has 1 aromatic carbocycles. The van der Waals surface area contributed by atoms with Crippen molar-refractivity contribution < 1.29 is 4.74 Å². The van der Waals surface area contributed by atoms with Crippen LogP contribution in [0.1, 0.15) is 12.5 Å². The van der Waals surface area contributed by atoms with Crippen molar-refractivity contribution >= 4 is 5.69 Å². The number of pyridine rings is 1. The lowest BCUT2D eigenvalue weighted by atomic mass is 10.1. The molecule has 0 atom stereocenters. The third kappa shape index (κ3) is 2.18. The minimum atomic E-state index is -0.533. The first-order valence-corrected chi connectivity index (χ1v) is 5.33. The highest BCUT2D eigenvalue weighted by Crippen LogP contribution is 2.13. The molecule has 5 nitrogen and oxygen atoms in total. The largest absolute Gasteiger partial charge is 0.489 e. The molecule has 0 aliphatic rings. The molecule has 0 aliphatic carbocycles. The molecule has 0 aliphatic heterocycles. The van der Waals surface area contributed by atoms with Gasteiger partial charge in [-0.05, 0) is 19.1 Å². The summed E-state index contributed by atoms with van der Waals surface area (Å²) in [4.78, 5) is 26.5. The third-order valence-electron chi connectivity index (χ3n) is 2.38. The van der Waals surface area contributed by atoms with Crippen molar-refractivity contribution in [3.05, 3.63) is 50.5 Å². The molecule has 0 radical (unpaired) electrons. The van der Waals surface area contributed by atoms with Crippen molar-refractivity contribution in [2.45, 2.75) is 13.5 Å². The molecule has 2 aromatic rings. The molecule has 1 N–H and O–H groups in total. The number of hydrogen-bond acceptors (Lipinski definition) is 5. The van der Waals surface area contributed by atoms with Crippen molar-refractivity contribution in [2.75, 3.05) is 11.9 Å². The van der Waals surface area contributed by atoms with E-state index >= 15 is 0 Å². The lowest BCUT2D eigenvalue weighted by Crippen LogP contribution is -2.38. The molecule has 0 spiro atoms. The quantitative estimate of drug-likeness (QED) is 0.768. The Labute approximate surface area is 97.8 Å². The van der Waals surface area contributed by atoms with Crippen LogP contribution in [-0.2, 0) is 6.54 Å². The minimum Gasteiger partial charge on any atom is -0.489 e. The Morgan fingerprint density at radius 2 is 2.18 bits per heavy atom. The fourth-order valence-electron chi connectivity index (χ4n) is 1.53. The normalized spacial score (nSPS) is 10.4. The molecule has 1 aromatic heterocycles. The third-order valence-corrected chi connectivity index (χ3v) is 2.38. The van der Waals surface area contributed by atoms with Crippen LogP contribution in [0.15, 0.2) is 34.1 Å². The SMILES string of the molecule is CCOc1c(CNc2cccnc2)c(=O)c1=O. The highest BCUT2D eigenvalue weighted by atomic mass is 16.5.